The van der Waals surface area contributed by atoms with Gasteiger partial charge in [0.05, 0.1) is 6.54 Å². The highest BCUT2D eigenvalue weighted by molar-refractivity contribution is 7.10. The molecule has 1 amide bonds. The molecule has 1 unspecified atom stereocenters. The van der Waals surface area contributed by atoms with Crippen LogP contribution in [0.4, 0.5) is 0 Å². The van der Waals surface area contributed by atoms with Gasteiger partial charge < -0.3 is 10.6 Å². The Bertz CT molecular complexity index is 319. The molecular formula is C11H16N2OS. The smallest absolute Gasteiger partial charge is 0.234 e. The van der Waals surface area contributed by atoms with E-state index in [-0.39, 0.29) is 11.9 Å². The molecule has 1 aliphatic rings. The topological polar surface area (TPSA) is 41.1 Å². The third-order valence-electron chi connectivity index (χ3n) is 2.48. The lowest BCUT2D eigenvalue weighted by atomic mass is 10.3. The molecule has 3 nitrogen and oxygen atoms in total. The summed E-state index contributed by atoms with van der Waals surface area (Å²) in [6.07, 6.45) is 2.29. The Morgan fingerprint density at radius 3 is 3.07 bits per heavy atom. The molecule has 2 N–H and O–H groups in total. The molecule has 0 spiro atoms. The summed E-state index contributed by atoms with van der Waals surface area (Å²) in [7, 11) is 0. The van der Waals surface area contributed by atoms with Gasteiger partial charge in [-0.25, -0.2) is 0 Å². The van der Waals surface area contributed by atoms with Crippen LogP contribution in [0.15, 0.2) is 17.5 Å². The maximum absolute atomic E-state index is 11.4. The Labute approximate surface area is 93.9 Å². The first-order valence-electron chi connectivity index (χ1n) is 5.32. The maximum Gasteiger partial charge on any atom is 0.234 e. The fraction of sp³-hybridized carbons (Fsp3) is 0.545. The predicted octanol–water partition coefficient (Wildman–Crippen LogP) is 1.68. The lowest BCUT2D eigenvalue weighted by Gasteiger charge is -2.11. The van der Waals surface area contributed by atoms with E-state index in [1.54, 1.807) is 11.3 Å². The van der Waals surface area contributed by atoms with Crippen molar-refractivity contribution in [2.45, 2.75) is 31.8 Å². The van der Waals surface area contributed by atoms with Crippen molar-refractivity contribution in [3.63, 3.8) is 0 Å². The summed E-state index contributed by atoms with van der Waals surface area (Å²) >= 11 is 1.71. The van der Waals surface area contributed by atoms with E-state index in [2.05, 4.69) is 29.0 Å². The van der Waals surface area contributed by atoms with Gasteiger partial charge in [0, 0.05) is 17.0 Å². The quantitative estimate of drug-likeness (QED) is 0.799. The molecule has 0 bridgehead atoms. The normalized spacial score (nSPS) is 17.4. The third kappa shape index (κ3) is 3.32. The number of thiophene rings is 1. The van der Waals surface area contributed by atoms with Gasteiger partial charge >= 0.3 is 0 Å². The van der Waals surface area contributed by atoms with Crippen molar-refractivity contribution in [2.75, 3.05) is 6.54 Å². The summed E-state index contributed by atoms with van der Waals surface area (Å²) in [6.45, 7) is 2.49. The fourth-order valence-electron chi connectivity index (χ4n) is 1.39. The van der Waals surface area contributed by atoms with E-state index in [9.17, 15) is 4.79 Å². The molecule has 1 heterocycles. The molecule has 1 atom stereocenters. The number of rotatable bonds is 5. The van der Waals surface area contributed by atoms with E-state index in [0.717, 1.165) is 12.8 Å². The van der Waals surface area contributed by atoms with E-state index >= 15 is 0 Å². The number of amides is 1. The zero-order valence-corrected chi connectivity index (χ0v) is 9.64. The van der Waals surface area contributed by atoms with E-state index in [1.165, 1.54) is 4.88 Å². The Morgan fingerprint density at radius 1 is 1.67 bits per heavy atom. The summed E-state index contributed by atoms with van der Waals surface area (Å²) in [4.78, 5) is 12.7. The van der Waals surface area contributed by atoms with E-state index in [4.69, 9.17) is 0 Å². The number of nitrogens with one attached hydrogen (secondary N) is 2. The van der Waals surface area contributed by atoms with Gasteiger partial charge in [-0.1, -0.05) is 6.07 Å². The SMILES string of the molecule is CC(NCC(=O)NC1CC1)c1cccs1. The van der Waals surface area contributed by atoms with Crippen molar-refractivity contribution >= 4 is 17.2 Å². The Kier molecular flexibility index (Phi) is 3.38. The van der Waals surface area contributed by atoms with Crippen LogP contribution >= 0.6 is 11.3 Å². The molecule has 0 radical (unpaired) electrons. The second-order valence-corrected chi connectivity index (χ2v) is 4.94. The van der Waals surface area contributed by atoms with Gasteiger partial charge in [-0.2, -0.15) is 0 Å². The van der Waals surface area contributed by atoms with Crippen LogP contribution in [0.2, 0.25) is 0 Å². The summed E-state index contributed by atoms with van der Waals surface area (Å²) < 4.78 is 0. The van der Waals surface area contributed by atoms with Crippen molar-refractivity contribution in [3.05, 3.63) is 22.4 Å². The highest BCUT2D eigenvalue weighted by atomic mass is 32.1. The maximum atomic E-state index is 11.4. The predicted molar refractivity (Wildman–Crippen MR) is 61.9 cm³/mol. The summed E-state index contributed by atoms with van der Waals surface area (Å²) in [5.41, 5.74) is 0. The van der Waals surface area contributed by atoms with Crippen molar-refractivity contribution < 1.29 is 4.79 Å². The first-order chi connectivity index (χ1) is 7.25. The monoisotopic (exact) mass is 224 g/mol. The van der Waals surface area contributed by atoms with Crippen molar-refractivity contribution in [1.82, 2.24) is 10.6 Å². The number of hydrogen-bond donors (Lipinski definition) is 2. The number of carbonyl (C=O) groups excluding carboxylic acids is 1. The second kappa shape index (κ2) is 4.77. The molecule has 82 valence electrons. The highest BCUT2D eigenvalue weighted by Gasteiger charge is 2.23. The van der Waals surface area contributed by atoms with Crippen LogP contribution in [-0.4, -0.2) is 18.5 Å². The molecule has 4 heteroatoms. The number of carbonyl (C=O) groups is 1. The molecule has 2 rings (SSSR count). The van der Waals surface area contributed by atoms with Crippen molar-refractivity contribution in [2.24, 2.45) is 0 Å². The molecular weight excluding hydrogens is 208 g/mol. The Morgan fingerprint density at radius 2 is 2.47 bits per heavy atom. The molecule has 1 fully saturated rings. The highest BCUT2D eigenvalue weighted by Crippen LogP contribution is 2.19. The molecule has 1 aromatic rings. The van der Waals surface area contributed by atoms with Gasteiger partial charge in [0.1, 0.15) is 0 Å². The van der Waals surface area contributed by atoms with Crippen molar-refractivity contribution in [3.8, 4) is 0 Å². The van der Waals surface area contributed by atoms with Crippen LogP contribution in [0.3, 0.4) is 0 Å². The first kappa shape index (κ1) is 10.6. The zero-order chi connectivity index (χ0) is 10.7. The molecule has 0 saturated heterocycles. The largest absolute Gasteiger partial charge is 0.352 e. The van der Waals surface area contributed by atoms with Crippen LogP contribution in [0.1, 0.15) is 30.7 Å². The Balaban J connectivity index is 1.70. The average molecular weight is 224 g/mol. The average Bonchev–Trinajstić information content (AvgIpc) is 2.86. The summed E-state index contributed by atoms with van der Waals surface area (Å²) in [5, 5.41) is 8.23. The second-order valence-electron chi connectivity index (χ2n) is 3.96. The lowest BCUT2D eigenvalue weighted by molar-refractivity contribution is -0.120. The van der Waals surface area contributed by atoms with Crippen LogP contribution in [-0.2, 0) is 4.79 Å². The van der Waals surface area contributed by atoms with Gasteiger partial charge in [-0.3, -0.25) is 4.79 Å². The molecule has 1 aliphatic carbocycles. The molecule has 1 aromatic heterocycles. The molecule has 1 saturated carbocycles. The minimum atomic E-state index is 0.112. The van der Waals surface area contributed by atoms with Crippen LogP contribution in [0.25, 0.3) is 0 Å². The first-order valence-corrected chi connectivity index (χ1v) is 6.20. The number of hydrogen-bond acceptors (Lipinski definition) is 3. The fourth-order valence-corrected chi connectivity index (χ4v) is 2.15. The van der Waals surface area contributed by atoms with Crippen LogP contribution in [0, 0.1) is 0 Å². The van der Waals surface area contributed by atoms with Crippen LogP contribution in [0.5, 0.6) is 0 Å². The molecule has 15 heavy (non-hydrogen) atoms. The summed E-state index contributed by atoms with van der Waals surface area (Å²) in [6, 6.07) is 4.83. The van der Waals surface area contributed by atoms with E-state index in [0.29, 0.717) is 12.6 Å². The van der Waals surface area contributed by atoms with Gasteiger partial charge in [0.2, 0.25) is 5.91 Å². The van der Waals surface area contributed by atoms with E-state index < -0.39 is 0 Å². The minimum absolute atomic E-state index is 0.112. The summed E-state index contributed by atoms with van der Waals surface area (Å²) in [5.74, 6) is 0.112. The van der Waals surface area contributed by atoms with Gasteiger partial charge in [-0.05, 0) is 31.2 Å². The van der Waals surface area contributed by atoms with Gasteiger partial charge in [0.25, 0.3) is 0 Å². The molecule has 0 aliphatic heterocycles. The van der Waals surface area contributed by atoms with Crippen molar-refractivity contribution in [1.29, 1.82) is 0 Å². The van der Waals surface area contributed by atoms with E-state index in [1.807, 2.05) is 6.07 Å². The zero-order valence-electron chi connectivity index (χ0n) is 8.82. The van der Waals surface area contributed by atoms with Gasteiger partial charge in [0.15, 0.2) is 0 Å². The standard InChI is InChI=1S/C11H16N2OS/c1-8(10-3-2-6-15-10)12-7-11(14)13-9-4-5-9/h2-3,6,8-9,12H,4-5,7H2,1H3,(H,13,14). The Hall–Kier alpha value is -0.870. The lowest BCUT2D eigenvalue weighted by Crippen LogP contribution is -2.35. The third-order valence-corrected chi connectivity index (χ3v) is 3.54. The minimum Gasteiger partial charge on any atom is -0.352 e. The van der Waals surface area contributed by atoms with Crippen LogP contribution < -0.4 is 10.6 Å². The van der Waals surface area contributed by atoms with Gasteiger partial charge in [-0.15, -0.1) is 11.3 Å². The molecule has 0 aromatic carbocycles.